The van der Waals surface area contributed by atoms with Crippen LogP contribution < -0.4 is 10.2 Å². The Morgan fingerprint density at radius 3 is 2.95 bits per heavy atom. The highest BCUT2D eigenvalue weighted by molar-refractivity contribution is 5.81. The summed E-state index contributed by atoms with van der Waals surface area (Å²) in [6.45, 7) is 3.08. The quantitative estimate of drug-likeness (QED) is 0.619. The summed E-state index contributed by atoms with van der Waals surface area (Å²) in [5.74, 6) is -0.984. The smallest absolute Gasteiger partial charge is 0.327 e. The molecule has 19 heavy (non-hydrogen) atoms. The van der Waals surface area contributed by atoms with E-state index in [0.717, 1.165) is 5.56 Å². The van der Waals surface area contributed by atoms with Gasteiger partial charge in [0.15, 0.2) is 0 Å². The van der Waals surface area contributed by atoms with Crippen LogP contribution in [-0.4, -0.2) is 41.7 Å². The van der Waals surface area contributed by atoms with Crippen LogP contribution in [0.1, 0.15) is 5.56 Å². The average molecular weight is 265 g/mol. The van der Waals surface area contributed by atoms with Gasteiger partial charge < -0.3 is 15.3 Å². The lowest BCUT2D eigenvalue weighted by atomic mass is 10.1. The Bertz CT molecular complexity index is 518. The van der Waals surface area contributed by atoms with Crippen molar-refractivity contribution in [1.82, 2.24) is 5.32 Å². The molecule has 0 spiro atoms. The molecule has 1 unspecified atom stereocenters. The van der Waals surface area contributed by atoms with Crippen molar-refractivity contribution in [3.05, 3.63) is 33.9 Å². The molecule has 7 heteroatoms. The summed E-state index contributed by atoms with van der Waals surface area (Å²) in [7, 11) is 0. The molecule has 1 fully saturated rings. The number of nitro benzene ring substituents is 1. The molecule has 0 radical (unpaired) electrons. The second kappa shape index (κ2) is 5.23. The molecule has 1 heterocycles. The van der Waals surface area contributed by atoms with Crippen LogP contribution in [0.25, 0.3) is 0 Å². The SMILES string of the molecule is Cc1ccc(N2CCNCC2C(=O)O)c([N+](=O)[O-])c1. The fraction of sp³-hybridized carbons (Fsp3) is 0.417. The van der Waals surface area contributed by atoms with Crippen molar-refractivity contribution < 1.29 is 14.8 Å². The number of aryl methyl sites for hydroxylation is 1. The van der Waals surface area contributed by atoms with Gasteiger partial charge in [0.1, 0.15) is 11.7 Å². The van der Waals surface area contributed by atoms with Gasteiger partial charge in [0.25, 0.3) is 5.69 Å². The largest absolute Gasteiger partial charge is 0.480 e. The predicted molar refractivity (Wildman–Crippen MR) is 69.5 cm³/mol. The Balaban J connectivity index is 2.44. The molecule has 1 saturated heterocycles. The van der Waals surface area contributed by atoms with E-state index in [9.17, 15) is 20.0 Å². The van der Waals surface area contributed by atoms with Gasteiger partial charge in [-0.05, 0) is 18.6 Å². The molecular formula is C12H15N3O4. The third-order valence-electron chi connectivity index (χ3n) is 3.17. The first-order valence-electron chi connectivity index (χ1n) is 5.96. The molecular weight excluding hydrogens is 250 g/mol. The van der Waals surface area contributed by atoms with Crippen LogP contribution in [0.2, 0.25) is 0 Å². The van der Waals surface area contributed by atoms with Crippen molar-refractivity contribution in [2.75, 3.05) is 24.5 Å². The summed E-state index contributed by atoms with van der Waals surface area (Å²) in [4.78, 5) is 23.5. The summed E-state index contributed by atoms with van der Waals surface area (Å²) in [6.07, 6.45) is 0. The van der Waals surface area contributed by atoms with Crippen LogP contribution in [0, 0.1) is 17.0 Å². The minimum Gasteiger partial charge on any atom is -0.480 e. The third kappa shape index (κ3) is 2.65. The van der Waals surface area contributed by atoms with Crippen molar-refractivity contribution in [2.45, 2.75) is 13.0 Å². The van der Waals surface area contributed by atoms with Gasteiger partial charge in [0, 0.05) is 25.7 Å². The molecule has 102 valence electrons. The van der Waals surface area contributed by atoms with E-state index in [1.807, 2.05) is 0 Å². The zero-order chi connectivity index (χ0) is 14.0. The number of anilines is 1. The van der Waals surface area contributed by atoms with E-state index in [2.05, 4.69) is 5.32 Å². The first kappa shape index (κ1) is 13.3. The van der Waals surface area contributed by atoms with Gasteiger partial charge in [-0.1, -0.05) is 6.07 Å². The maximum Gasteiger partial charge on any atom is 0.327 e. The number of nitrogens with one attached hydrogen (secondary N) is 1. The van der Waals surface area contributed by atoms with Crippen LogP contribution in [0.15, 0.2) is 18.2 Å². The summed E-state index contributed by atoms with van der Waals surface area (Å²) >= 11 is 0. The molecule has 7 nitrogen and oxygen atoms in total. The minimum absolute atomic E-state index is 0.0480. The minimum atomic E-state index is -0.984. The molecule has 1 aliphatic heterocycles. The molecule has 0 amide bonds. The highest BCUT2D eigenvalue weighted by Gasteiger charge is 2.32. The lowest BCUT2D eigenvalue weighted by molar-refractivity contribution is -0.384. The lowest BCUT2D eigenvalue weighted by Gasteiger charge is -2.34. The van der Waals surface area contributed by atoms with Gasteiger partial charge in [-0.2, -0.15) is 0 Å². The molecule has 1 aromatic carbocycles. The van der Waals surface area contributed by atoms with Gasteiger partial charge in [-0.25, -0.2) is 4.79 Å². The van der Waals surface area contributed by atoms with E-state index >= 15 is 0 Å². The van der Waals surface area contributed by atoms with Crippen LogP contribution in [-0.2, 0) is 4.79 Å². The van der Waals surface area contributed by atoms with Gasteiger partial charge in [0.05, 0.1) is 4.92 Å². The van der Waals surface area contributed by atoms with Gasteiger partial charge >= 0.3 is 5.97 Å². The number of benzene rings is 1. The van der Waals surface area contributed by atoms with Crippen LogP contribution in [0.3, 0.4) is 0 Å². The number of hydrogen-bond donors (Lipinski definition) is 2. The average Bonchev–Trinajstić information content (AvgIpc) is 2.38. The summed E-state index contributed by atoms with van der Waals surface area (Å²) in [6, 6.07) is 4.06. The molecule has 1 aliphatic rings. The van der Waals surface area contributed by atoms with E-state index < -0.39 is 16.9 Å². The van der Waals surface area contributed by atoms with Crippen LogP contribution in [0.5, 0.6) is 0 Å². The van der Waals surface area contributed by atoms with Crippen LogP contribution >= 0.6 is 0 Å². The fourth-order valence-electron chi connectivity index (χ4n) is 2.24. The predicted octanol–water partition coefficient (Wildman–Crippen LogP) is 0.766. The van der Waals surface area contributed by atoms with Gasteiger partial charge in [-0.3, -0.25) is 10.1 Å². The Kier molecular flexibility index (Phi) is 3.66. The lowest BCUT2D eigenvalue weighted by Crippen LogP contribution is -2.55. The Morgan fingerprint density at radius 1 is 1.58 bits per heavy atom. The van der Waals surface area contributed by atoms with Gasteiger partial charge in [-0.15, -0.1) is 0 Å². The second-order valence-electron chi connectivity index (χ2n) is 4.50. The first-order valence-corrected chi connectivity index (χ1v) is 5.96. The number of carbonyl (C=O) groups is 1. The number of nitrogens with zero attached hydrogens (tertiary/aromatic N) is 2. The number of rotatable bonds is 3. The Labute approximate surface area is 110 Å². The normalized spacial score (nSPS) is 19.2. The van der Waals surface area contributed by atoms with Crippen molar-refractivity contribution in [1.29, 1.82) is 0 Å². The first-order chi connectivity index (χ1) is 9.00. The molecule has 0 aromatic heterocycles. The second-order valence-corrected chi connectivity index (χ2v) is 4.50. The number of nitro groups is 1. The molecule has 2 rings (SSSR count). The molecule has 0 saturated carbocycles. The highest BCUT2D eigenvalue weighted by atomic mass is 16.6. The van der Waals surface area contributed by atoms with Crippen molar-refractivity contribution in [3.8, 4) is 0 Å². The maximum atomic E-state index is 11.2. The number of hydrogen-bond acceptors (Lipinski definition) is 5. The fourth-order valence-corrected chi connectivity index (χ4v) is 2.24. The van der Waals surface area contributed by atoms with Gasteiger partial charge in [0.2, 0.25) is 0 Å². The zero-order valence-corrected chi connectivity index (χ0v) is 10.5. The van der Waals surface area contributed by atoms with Crippen molar-refractivity contribution >= 4 is 17.3 Å². The number of aliphatic carboxylic acids is 1. The van der Waals surface area contributed by atoms with Crippen molar-refractivity contribution in [2.24, 2.45) is 0 Å². The Hall–Kier alpha value is -2.15. The van der Waals surface area contributed by atoms with Crippen molar-refractivity contribution in [3.63, 3.8) is 0 Å². The van der Waals surface area contributed by atoms with E-state index in [1.54, 1.807) is 24.0 Å². The van der Waals surface area contributed by atoms with E-state index in [1.165, 1.54) is 6.07 Å². The standard InChI is InChI=1S/C12H15N3O4/c1-8-2-3-9(10(6-8)15(18)19)14-5-4-13-7-11(14)12(16)17/h2-3,6,11,13H,4-5,7H2,1H3,(H,16,17). The van der Waals surface area contributed by atoms with Crippen LogP contribution in [0.4, 0.5) is 11.4 Å². The highest BCUT2D eigenvalue weighted by Crippen LogP contribution is 2.31. The summed E-state index contributed by atoms with van der Waals surface area (Å²) in [5.41, 5.74) is 1.09. The summed E-state index contributed by atoms with van der Waals surface area (Å²) in [5, 5.41) is 23.3. The summed E-state index contributed by atoms with van der Waals surface area (Å²) < 4.78 is 0. The van der Waals surface area contributed by atoms with E-state index in [-0.39, 0.29) is 12.2 Å². The van der Waals surface area contributed by atoms with E-state index in [0.29, 0.717) is 18.8 Å². The Morgan fingerprint density at radius 2 is 2.32 bits per heavy atom. The zero-order valence-electron chi connectivity index (χ0n) is 10.5. The molecule has 2 N–H and O–H groups in total. The monoisotopic (exact) mass is 265 g/mol. The molecule has 1 aromatic rings. The van der Waals surface area contributed by atoms with E-state index in [4.69, 9.17) is 0 Å². The molecule has 0 aliphatic carbocycles. The maximum absolute atomic E-state index is 11.2. The topological polar surface area (TPSA) is 95.7 Å². The molecule has 1 atom stereocenters. The number of carboxylic acids is 1. The third-order valence-corrected chi connectivity index (χ3v) is 3.17. The number of piperazine rings is 1. The molecule has 0 bridgehead atoms. The number of carboxylic acid groups (broad SMARTS) is 1.